The predicted molar refractivity (Wildman–Crippen MR) is 103 cm³/mol. The molecule has 0 unspecified atom stereocenters. The first-order valence-corrected chi connectivity index (χ1v) is 8.76. The summed E-state index contributed by atoms with van der Waals surface area (Å²) in [6, 6.07) is 9.96. The average molecular weight is 398 g/mol. The number of non-ortho nitro benzene ring substituents is 1. The van der Waals surface area contributed by atoms with Gasteiger partial charge in [0.2, 0.25) is 0 Å². The molecule has 2 amide bonds. The van der Waals surface area contributed by atoms with E-state index < -0.39 is 23.4 Å². The summed E-state index contributed by atoms with van der Waals surface area (Å²) in [5, 5.41) is 16.2. The van der Waals surface area contributed by atoms with Gasteiger partial charge in [-0.15, -0.1) is 0 Å². The first-order valence-electron chi connectivity index (χ1n) is 8.76. The minimum Gasteiger partial charge on any atom is -0.452 e. The third-order valence-electron chi connectivity index (χ3n) is 4.16. The van der Waals surface area contributed by atoms with E-state index in [9.17, 15) is 24.5 Å². The van der Waals surface area contributed by atoms with Crippen LogP contribution >= 0.6 is 0 Å². The van der Waals surface area contributed by atoms with E-state index in [1.165, 1.54) is 6.07 Å². The molecule has 0 aliphatic heterocycles. The molecule has 2 aromatic rings. The Morgan fingerprint density at radius 1 is 1.14 bits per heavy atom. The van der Waals surface area contributed by atoms with Crippen LogP contribution in [0.2, 0.25) is 0 Å². The molecule has 0 saturated heterocycles. The average Bonchev–Trinajstić information content (AvgIpc) is 3.50. The van der Waals surface area contributed by atoms with Gasteiger partial charge in [-0.3, -0.25) is 19.7 Å². The fourth-order valence-electron chi connectivity index (χ4n) is 2.51. The number of nitro benzene ring substituents is 1. The Balaban J connectivity index is 1.62. The van der Waals surface area contributed by atoms with E-state index in [1.807, 2.05) is 0 Å². The molecule has 0 radical (unpaired) electrons. The molecule has 0 aromatic heterocycles. The van der Waals surface area contributed by atoms with E-state index >= 15 is 0 Å². The van der Waals surface area contributed by atoms with Gasteiger partial charge >= 0.3 is 5.97 Å². The van der Waals surface area contributed by atoms with Crippen LogP contribution in [0.5, 0.6) is 0 Å². The van der Waals surface area contributed by atoms with Crippen molar-refractivity contribution < 1.29 is 24.0 Å². The Hall–Kier alpha value is -3.95. The number of nitrogens with two attached hydrogens (primary N) is 1. The number of hydrogen-bond donors (Lipinski definition) is 3. The Labute approximate surface area is 165 Å². The summed E-state index contributed by atoms with van der Waals surface area (Å²) in [5.41, 5.74) is 5.67. The van der Waals surface area contributed by atoms with Crippen LogP contribution < -0.4 is 16.4 Å². The summed E-state index contributed by atoms with van der Waals surface area (Å²) in [7, 11) is 0. The highest BCUT2D eigenvalue weighted by Gasteiger charge is 2.25. The van der Waals surface area contributed by atoms with Crippen molar-refractivity contribution in [3.05, 3.63) is 63.7 Å². The van der Waals surface area contributed by atoms with Crippen LogP contribution in [-0.2, 0) is 9.53 Å². The second-order valence-corrected chi connectivity index (χ2v) is 6.45. The Bertz CT molecular complexity index is 986. The molecule has 10 heteroatoms. The third-order valence-corrected chi connectivity index (χ3v) is 4.16. The molecule has 0 atom stereocenters. The lowest BCUT2D eigenvalue weighted by atomic mass is 10.1. The number of ether oxygens (including phenoxy) is 1. The van der Waals surface area contributed by atoms with Gasteiger partial charge in [0.1, 0.15) is 0 Å². The SMILES string of the molecule is Nc1ccc([N+](=O)[O-])cc1C(=O)OCC(=O)Nc1ccccc1C(=O)NC1CC1. The second-order valence-electron chi connectivity index (χ2n) is 6.45. The van der Waals surface area contributed by atoms with E-state index in [0.29, 0.717) is 5.56 Å². The summed E-state index contributed by atoms with van der Waals surface area (Å²) >= 11 is 0. The first kappa shape index (κ1) is 19.8. The van der Waals surface area contributed by atoms with E-state index in [-0.39, 0.29) is 34.6 Å². The van der Waals surface area contributed by atoms with Gasteiger partial charge in [-0.2, -0.15) is 0 Å². The van der Waals surface area contributed by atoms with Gasteiger partial charge < -0.3 is 21.1 Å². The van der Waals surface area contributed by atoms with Crippen LogP contribution in [0.25, 0.3) is 0 Å². The highest BCUT2D eigenvalue weighted by atomic mass is 16.6. The standard InChI is InChI=1S/C19H18N4O6/c20-15-8-7-12(23(27)28)9-14(15)19(26)29-10-17(24)22-16-4-2-1-3-13(16)18(25)21-11-5-6-11/h1-4,7-9,11H,5-6,10,20H2,(H,21,25)(H,22,24). The first-order chi connectivity index (χ1) is 13.8. The zero-order valence-electron chi connectivity index (χ0n) is 15.2. The maximum absolute atomic E-state index is 12.3. The topological polar surface area (TPSA) is 154 Å². The summed E-state index contributed by atoms with van der Waals surface area (Å²) in [6.45, 7) is -0.653. The zero-order chi connectivity index (χ0) is 21.0. The highest BCUT2D eigenvalue weighted by Crippen LogP contribution is 2.22. The normalized spacial score (nSPS) is 12.7. The second kappa shape index (κ2) is 8.38. The summed E-state index contributed by atoms with van der Waals surface area (Å²) in [6.07, 6.45) is 1.86. The van der Waals surface area contributed by atoms with Gasteiger partial charge in [-0.25, -0.2) is 4.79 Å². The van der Waals surface area contributed by atoms with Crippen molar-refractivity contribution in [3.63, 3.8) is 0 Å². The van der Waals surface area contributed by atoms with Crippen LogP contribution in [0.3, 0.4) is 0 Å². The van der Waals surface area contributed by atoms with E-state index in [4.69, 9.17) is 10.5 Å². The third kappa shape index (κ3) is 5.06. The van der Waals surface area contributed by atoms with E-state index in [1.54, 1.807) is 24.3 Å². The number of carbonyl (C=O) groups is 3. The number of anilines is 2. The molecule has 1 fully saturated rings. The van der Waals surface area contributed by atoms with Crippen LogP contribution in [0.1, 0.15) is 33.6 Å². The number of esters is 1. The predicted octanol–water partition coefficient (Wildman–Crippen LogP) is 1.86. The number of amides is 2. The zero-order valence-corrected chi connectivity index (χ0v) is 15.2. The molecule has 0 heterocycles. The van der Waals surface area contributed by atoms with Crippen molar-refractivity contribution in [1.29, 1.82) is 0 Å². The monoisotopic (exact) mass is 398 g/mol. The van der Waals surface area contributed by atoms with Crippen molar-refractivity contribution in [2.45, 2.75) is 18.9 Å². The molecule has 0 bridgehead atoms. The molecular weight excluding hydrogens is 380 g/mol. The number of nitrogens with zero attached hydrogens (tertiary/aromatic N) is 1. The Kier molecular flexibility index (Phi) is 5.72. The molecule has 0 spiro atoms. The lowest BCUT2D eigenvalue weighted by Gasteiger charge is -2.11. The number of carbonyl (C=O) groups excluding carboxylic acids is 3. The van der Waals surface area contributed by atoms with Crippen LogP contribution in [0.15, 0.2) is 42.5 Å². The maximum Gasteiger partial charge on any atom is 0.341 e. The van der Waals surface area contributed by atoms with Crippen molar-refractivity contribution in [3.8, 4) is 0 Å². The number of nitrogens with one attached hydrogen (secondary N) is 2. The minimum absolute atomic E-state index is 0.0110. The van der Waals surface area contributed by atoms with Crippen LogP contribution in [-0.4, -0.2) is 35.4 Å². The molecule has 1 saturated carbocycles. The van der Waals surface area contributed by atoms with Gasteiger partial charge in [-0.1, -0.05) is 12.1 Å². The van der Waals surface area contributed by atoms with Gasteiger partial charge in [-0.05, 0) is 31.0 Å². The van der Waals surface area contributed by atoms with Gasteiger partial charge in [0.25, 0.3) is 17.5 Å². The van der Waals surface area contributed by atoms with Gasteiger partial charge in [0.05, 0.1) is 21.7 Å². The van der Waals surface area contributed by atoms with Gasteiger partial charge in [0, 0.05) is 23.9 Å². The quantitative estimate of drug-likeness (QED) is 0.278. The van der Waals surface area contributed by atoms with Crippen molar-refractivity contribution in [2.24, 2.45) is 0 Å². The largest absolute Gasteiger partial charge is 0.452 e. The van der Waals surface area contributed by atoms with E-state index in [2.05, 4.69) is 10.6 Å². The molecule has 1 aliphatic rings. The molecule has 4 N–H and O–H groups in total. The smallest absolute Gasteiger partial charge is 0.341 e. The molecule has 2 aromatic carbocycles. The van der Waals surface area contributed by atoms with Crippen molar-refractivity contribution in [1.82, 2.24) is 5.32 Å². The van der Waals surface area contributed by atoms with E-state index in [0.717, 1.165) is 25.0 Å². The fraction of sp³-hybridized carbons (Fsp3) is 0.211. The van der Waals surface area contributed by atoms with Gasteiger partial charge in [0.15, 0.2) is 6.61 Å². The Morgan fingerprint density at radius 2 is 1.86 bits per heavy atom. The molecule has 150 valence electrons. The lowest BCUT2D eigenvalue weighted by molar-refractivity contribution is -0.384. The lowest BCUT2D eigenvalue weighted by Crippen LogP contribution is -2.28. The highest BCUT2D eigenvalue weighted by molar-refractivity contribution is 6.04. The number of nitrogen functional groups attached to an aromatic ring is 1. The maximum atomic E-state index is 12.3. The molecule has 1 aliphatic carbocycles. The molecule has 10 nitrogen and oxygen atoms in total. The minimum atomic E-state index is -0.971. The summed E-state index contributed by atoms with van der Waals surface area (Å²) in [4.78, 5) is 46.7. The number of hydrogen-bond acceptors (Lipinski definition) is 7. The number of rotatable bonds is 7. The summed E-state index contributed by atoms with van der Waals surface area (Å²) < 4.78 is 4.90. The number of para-hydroxylation sites is 1. The molecular formula is C19H18N4O6. The van der Waals surface area contributed by atoms with Crippen molar-refractivity contribution >= 4 is 34.8 Å². The molecule has 3 rings (SSSR count). The Morgan fingerprint density at radius 3 is 2.55 bits per heavy atom. The van der Waals surface area contributed by atoms with Crippen LogP contribution in [0.4, 0.5) is 17.1 Å². The number of benzene rings is 2. The fourth-order valence-corrected chi connectivity index (χ4v) is 2.51. The molecule has 29 heavy (non-hydrogen) atoms. The van der Waals surface area contributed by atoms with Crippen LogP contribution in [0, 0.1) is 10.1 Å². The van der Waals surface area contributed by atoms with Crippen molar-refractivity contribution in [2.75, 3.05) is 17.7 Å². The summed E-state index contributed by atoms with van der Waals surface area (Å²) in [5.74, 6) is -1.94. The number of nitro groups is 1.